The number of carbonyl (C=O) groups excluding carboxylic acids is 4. The van der Waals surface area contributed by atoms with Crippen LogP contribution in [-0.4, -0.2) is 98.3 Å². The summed E-state index contributed by atoms with van der Waals surface area (Å²) < 4.78 is 17.4. The van der Waals surface area contributed by atoms with E-state index in [0.717, 1.165) is 89.9 Å². The number of nitrogens with one attached hydrogen (secondary N) is 2. The third kappa shape index (κ3) is 38.3. The normalized spacial score (nSPS) is 11.1. The summed E-state index contributed by atoms with van der Waals surface area (Å²) >= 11 is 0. The molecular formula is C39H70N2O11. The fraction of sp³-hybridized carbons (Fsp3) is 0.846. The molecule has 0 spiro atoms. The molecule has 4 N–H and O–H groups in total. The molecule has 0 aliphatic rings. The van der Waals surface area contributed by atoms with Gasteiger partial charge in [0.05, 0.1) is 39.6 Å². The number of carboxylic acid groups (broad SMARTS) is 2. The summed E-state index contributed by atoms with van der Waals surface area (Å²) in [6.45, 7) is 4.51. The Labute approximate surface area is 312 Å². The van der Waals surface area contributed by atoms with E-state index < -0.39 is 11.9 Å². The van der Waals surface area contributed by atoms with Crippen molar-refractivity contribution in [1.82, 2.24) is 10.6 Å². The van der Waals surface area contributed by atoms with Crippen LogP contribution in [0.2, 0.25) is 0 Å². The molecule has 0 heterocycles. The van der Waals surface area contributed by atoms with Crippen LogP contribution < -0.4 is 10.6 Å². The van der Waals surface area contributed by atoms with E-state index in [9.17, 15) is 28.8 Å². The van der Waals surface area contributed by atoms with Crippen LogP contribution in [0, 0.1) is 5.92 Å². The summed E-state index contributed by atoms with van der Waals surface area (Å²) in [7, 11) is 0. The molecule has 0 radical (unpaired) electrons. The molecule has 0 aliphatic carbocycles. The van der Waals surface area contributed by atoms with Gasteiger partial charge in [-0.3, -0.25) is 24.0 Å². The number of aliphatic carboxylic acids is 2. The largest absolute Gasteiger partial charge is 0.481 e. The maximum atomic E-state index is 12.3. The van der Waals surface area contributed by atoms with Crippen LogP contribution in [0.25, 0.3) is 0 Å². The van der Waals surface area contributed by atoms with Gasteiger partial charge >= 0.3 is 11.9 Å². The van der Waals surface area contributed by atoms with Gasteiger partial charge in [0.25, 0.3) is 0 Å². The van der Waals surface area contributed by atoms with Gasteiger partial charge in [0.15, 0.2) is 0 Å². The third-order valence-corrected chi connectivity index (χ3v) is 8.55. The average molecular weight is 743 g/mol. The number of hydrogen-bond donors (Lipinski definition) is 4. The number of hydrogen-bond acceptors (Lipinski definition) is 9. The molecule has 0 rings (SSSR count). The van der Waals surface area contributed by atoms with E-state index >= 15 is 0 Å². The van der Waals surface area contributed by atoms with Crippen LogP contribution in [0.5, 0.6) is 0 Å². The molecule has 52 heavy (non-hydrogen) atoms. The molecule has 0 unspecified atom stereocenters. The van der Waals surface area contributed by atoms with Crippen LogP contribution in [0.3, 0.4) is 0 Å². The highest BCUT2D eigenvalue weighted by Crippen LogP contribution is 2.11. The van der Waals surface area contributed by atoms with Gasteiger partial charge in [-0.2, -0.15) is 0 Å². The van der Waals surface area contributed by atoms with Crippen molar-refractivity contribution in [3.63, 3.8) is 0 Å². The molecule has 0 saturated carbocycles. The lowest BCUT2D eigenvalue weighted by Crippen LogP contribution is -2.28. The number of carboxylic acids is 2. The topological polar surface area (TPSA) is 195 Å². The highest BCUT2D eigenvalue weighted by molar-refractivity contribution is 5.78. The van der Waals surface area contributed by atoms with Crippen molar-refractivity contribution in [3.05, 3.63) is 0 Å². The first-order chi connectivity index (χ1) is 25.1. The molecule has 0 aromatic heterocycles. The third-order valence-electron chi connectivity index (χ3n) is 8.55. The Bertz CT molecular complexity index is 842. The van der Waals surface area contributed by atoms with E-state index in [0.29, 0.717) is 71.6 Å². The Balaban J connectivity index is 4.30. The van der Waals surface area contributed by atoms with E-state index in [1.807, 2.05) is 0 Å². The summed E-state index contributed by atoms with van der Waals surface area (Å²) in [5, 5.41) is 23.1. The van der Waals surface area contributed by atoms with Crippen molar-refractivity contribution in [2.75, 3.05) is 52.7 Å². The number of carbonyl (C=O) groups is 6. The van der Waals surface area contributed by atoms with Crippen LogP contribution in [0.4, 0.5) is 0 Å². The quantitative estimate of drug-likeness (QED) is 0.0524. The van der Waals surface area contributed by atoms with Crippen molar-refractivity contribution in [2.45, 2.75) is 155 Å². The second-order valence-electron chi connectivity index (χ2n) is 13.7. The molecule has 13 nitrogen and oxygen atoms in total. The van der Waals surface area contributed by atoms with E-state index in [4.69, 9.17) is 24.4 Å². The Morgan fingerprint density at radius 2 is 0.788 bits per heavy atom. The Hall–Kier alpha value is -2.90. The lowest BCUT2D eigenvalue weighted by atomic mass is 10.1. The predicted molar refractivity (Wildman–Crippen MR) is 199 cm³/mol. The van der Waals surface area contributed by atoms with Gasteiger partial charge in [-0.1, -0.05) is 64.2 Å². The number of amides is 2. The first-order valence-corrected chi connectivity index (χ1v) is 19.8. The Morgan fingerprint density at radius 1 is 0.442 bits per heavy atom. The van der Waals surface area contributed by atoms with Gasteiger partial charge in [-0.25, -0.2) is 0 Å². The zero-order valence-corrected chi connectivity index (χ0v) is 32.1. The summed E-state index contributed by atoms with van der Waals surface area (Å²) in [5.41, 5.74) is 0. The van der Waals surface area contributed by atoms with E-state index in [-0.39, 0.29) is 68.2 Å². The highest BCUT2D eigenvalue weighted by Gasteiger charge is 2.13. The lowest BCUT2D eigenvalue weighted by molar-refractivity contribution is -0.138. The molecule has 0 aromatic carbocycles. The van der Waals surface area contributed by atoms with Gasteiger partial charge < -0.3 is 39.9 Å². The Kier molecular flexibility index (Phi) is 34.4. The van der Waals surface area contributed by atoms with Gasteiger partial charge in [-0.05, 0) is 45.4 Å². The van der Waals surface area contributed by atoms with Gasteiger partial charge in [0.2, 0.25) is 11.8 Å². The van der Waals surface area contributed by atoms with Gasteiger partial charge in [0, 0.05) is 64.0 Å². The fourth-order valence-electron chi connectivity index (χ4n) is 5.43. The molecule has 302 valence electrons. The van der Waals surface area contributed by atoms with Gasteiger partial charge in [-0.15, -0.1) is 0 Å². The van der Waals surface area contributed by atoms with Crippen molar-refractivity contribution < 1.29 is 53.2 Å². The molecule has 0 aromatic rings. The number of rotatable bonds is 40. The lowest BCUT2D eigenvalue weighted by Gasteiger charge is -2.18. The van der Waals surface area contributed by atoms with Crippen molar-refractivity contribution >= 4 is 35.3 Å². The SMILES string of the molecule is CC(=O)CCCCCCCCC(=O)CCOCC(COCCC(=O)NCCCCCCCC(=O)O)COCCC(=O)NCCCCCCCC(=O)O. The van der Waals surface area contributed by atoms with Crippen LogP contribution in [-0.2, 0) is 43.0 Å². The van der Waals surface area contributed by atoms with Crippen LogP contribution in [0.15, 0.2) is 0 Å². The van der Waals surface area contributed by atoms with E-state index in [1.54, 1.807) is 6.92 Å². The first-order valence-electron chi connectivity index (χ1n) is 19.8. The van der Waals surface area contributed by atoms with Crippen molar-refractivity contribution in [3.8, 4) is 0 Å². The zero-order chi connectivity index (χ0) is 38.5. The molecule has 0 saturated heterocycles. The second kappa shape index (κ2) is 36.5. The summed E-state index contributed by atoms with van der Waals surface area (Å²) in [5.74, 6) is -1.45. The van der Waals surface area contributed by atoms with E-state index in [2.05, 4.69) is 10.6 Å². The zero-order valence-electron chi connectivity index (χ0n) is 32.1. The summed E-state index contributed by atoms with van der Waals surface area (Å²) in [6, 6.07) is 0. The molecule has 0 fully saturated rings. The standard InChI is InChI=1S/C39H70N2O11/c1-33(42)18-12-6-2-3-7-13-19-35(43)22-27-50-30-34(31-51-28-23-36(44)40-25-16-10-4-8-14-20-38(46)47)32-52-29-24-37(45)41-26-17-11-5-9-15-21-39(48)49/h34H,2-32H2,1H3,(H,40,44)(H,41,45)(H,46,47)(H,48,49). The smallest absolute Gasteiger partial charge is 0.303 e. The molecule has 13 heteroatoms. The van der Waals surface area contributed by atoms with Crippen molar-refractivity contribution in [2.24, 2.45) is 5.92 Å². The minimum atomic E-state index is -0.771. The Morgan fingerprint density at radius 3 is 1.19 bits per heavy atom. The monoisotopic (exact) mass is 742 g/mol. The molecule has 0 bridgehead atoms. The maximum Gasteiger partial charge on any atom is 0.303 e. The number of unbranched alkanes of at least 4 members (excludes halogenated alkanes) is 13. The highest BCUT2D eigenvalue weighted by atomic mass is 16.5. The predicted octanol–water partition coefficient (Wildman–Crippen LogP) is 6.18. The first kappa shape index (κ1) is 49.1. The molecular weight excluding hydrogens is 672 g/mol. The minimum Gasteiger partial charge on any atom is -0.481 e. The number of Topliss-reactive ketones (excluding diaryl/α,β-unsaturated/α-hetero) is 2. The average Bonchev–Trinajstić information content (AvgIpc) is 3.09. The number of ether oxygens (including phenoxy) is 3. The molecule has 2 amide bonds. The maximum absolute atomic E-state index is 12.3. The number of ketones is 2. The summed E-state index contributed by atoms with van der Waals surface area (Å²) in [6.07, 6.45) is 16.9. The molecule has 0 aliphatic heterocycles. The van der Waals surface area contributed by atoms with Crippen molar-refractivity contribution in [1.29, 1.82) is 0 Å². The molecule has 0 atom stereocenters. The summed E-state index contributed by atoms with van der Waals surface area (Å²) in [4.78, 5) is 68.8. The second-order valence-corrected chi connectivity index (χ2v) is 13.7. The van der Waals surface area contributed by atoms with Gasteiger partial charge in [0.1, 0.15) is 11.6 Å². The minimum absolute atomic E-state index is 0.0920. The fourth-order valence-corrected chi connectivity index (χ4v) is 5.43. The van der Waals surface area contributed by atoms with Crippen LogP contribution >= 0.6 is 0 Å². The van der Waals surface area contributed by atoms with Crippen LogP contribution in [0.1, 0.15) is 155 Å². The van der Waals surface area contributed by atoms with E-state index in [1.165, 1.54) is 0 Å².